The first-order chi connectivity index (χ1) is 25.7. The molecule has 0 saturated carbocycles. The molecule has 7 aromatic carbocycles. The normalized spacial score (nSPS) is 11.4. The van der Waals surface area contributed by atoms with Crippen LogP contribution < -0.4 is 0 Å². The van der Waals surface area contributed by atoms with Gasteiger partial charge in [-0.2, -0.15) is 5.26 Å². The van der Waals surface area contributed by atoms with Crippen LogP contribution in [0.15, 0.2) is 164 Å². The van der Waals surface area contributed by atoms with Crippen LogP contribution in [0.2, 0.25) is 0 Å². The number of aromatic nitrogens is 4. The first kappa shape index (κ1) is 29.9. The van der Waals surface area contributed by atoms with Crippen LogP contribution in [-0.2, 0) is 0 Å². The van der Waals surface area contributed by atoms with Crippen molar-refractivity contribution in [3.8, 4) is 57.0 Å². The van der Waals surface area contributed by atoms with Gasteiger partial charge in [0.1, 0.15) is 0 Å². The van der Waals surface area contributed by atoms with Crippen LogP contribution in [0.1, 0.15) is 5.56 Å². The van der Waals surface area contributed by atoms with Crippen LogP contribution in [0.5, 0.6) is 0 Å². The van der Waals surface area contributed by atoms with Gasteiger partial charge in [0.05, 0.1) is 28.4 Å². The van der Waals surface area contributed by atoms with Crippen molar-refractivity contribution in [3.05, 3.63) is 169 Å². The summed E-state index contributed by atoms with van der Waals surface area (Å²) in [5.74, 6) is 1.76. The zero-order valence-corrected chi connectivity index (χ0v) is 28.5. The number of nitrogens with zero attached hydrogens (tertiary/aromatic N) is 5. The van der Waals surface area contributed by atoms with Gasteiger partial charge in [-0.3, -0.25) is 0 Å². The first-order valence-corrected chi connectivity index (χ1v) is 17.9. The van der Waals surface area contributed by atoms with Crippen molar-refractivity contribution in [1.82, 2.24) is 19.5 Å². The van der Waals surface area contributed by atoms with E-state index in [0.717, 1.165) is 44.5 Å². The van der Waals surface area contributed by atoms with E-state index in [4.69, 9.17) is 15.0 Å². The van der Waals surface area contributed by atoms with E-state index in [9.17, 15) is 5.26 Å². The number of rotatable bonds is 5. The summed E-state index contributed by atoms with van der Waals surface area (Å²) in [6.45, 7) is 0. The molecule has 0 aliphatic heterocycles. The van der Waals surface area contributed by atoms with Crippen LogP contribution >= 0.6 is 11.3 Å². The van der Waals surface area contributed by atoms with Crippen molar-refractivity contribution in [3.63, 3.8) is 0 Å². The Morgan fingerprint density at radius 3 is 1.79 bits per heavy atom. The van der Waals surface area contributed by atoms with Gasteiger partial charge in [0.15, 0.2) is 17.5 Å². The Morgan fingerprint density at radius 2 is 1.06 bits per heavy atom. The molecule has 242 valence electrons. The highest BCUT2D eigenvalue weighted by Gasteiger charge is 2.21. The minimum absolute atomic E-state index is 0.559. The highest BCUT2D eigenvalue weighted by molar-refractivity contribution is 7.25. The quantitative estimate of drug-likeness (QED) is 0.181. The number of benzene rings is 7. The second kappa shape index (κ2) is 12.1. The third kappa shape index (κ3) is 4.87. The minimum Gasteiger partial charge on any atom is -0.309 e. The summed E-state index contributed by atoms with van der Waals surface area (Å²) in [5.41, 5.74) is 8.18. The number of hydrogen-bond acceptors (Lipinski definition) is 5. The van der Waals surface area contributed by atoms with Crippen molar-refractivity contribution >= 4 is 53.3 Å². The van der Waals surface area contributed by atoms with Gasteiger partial charge < -0.3 is 4.57 Å². The molecule has 0 fully saturated rings. The van der Waals surface area contributed by atoms with E-state index in [1.165, 1.54) is 30.9 Å². The number of thiophene rings is 1. The zero-order chi connectivity index (χ0) is 34.6. The highest BCUT2D eigenvalue weighted by atomic mass is 32.1. The fourth-order valence-corrected chi connectivity index (χ4v) is 8.41. The molecule has 3 aromatic heterocycles. The van der Waals surface area contributed by atoms with Gasteiger partial charge in [0.2, 0.25) is 0 Å². The largest absolute Gasteiger partial charge is 0.309 e. The van der Waals surface area contributed by atoms with Crippen molar-refractivity contribution < 1.29 is 0 Å². The summed E-state index contributed by atoms with van der Waals surface area (Å²) in [4.78, 5) is 15.0. The fraction of sp³-hybridized carbons (Fsp3) is 0. The average Bonchev–Trinajstić information content (AvgIpc) is 3.75. The lowest BCUT2D eigenvalue weighted by Crippen LogP contribution is -2.02. The SMILES string of the molecule is N#Cc1ccccc1-c1cc(-c2nc(-c3ccccc3)nc(-c3ccccc3)n2)ccc1-n1c2ccccc2c2cc3sc4ccccc4c3cc21. The molecule has 5 nitrogen and oxygen atoms in total. The molecule has 0 N–H and O–H groups in total. The Morgan fingerprint density at radius 1 is 0.442 bits per heavy atom. The molecule has 0 aliphatic carbocycles. The minimum atomic E-state index is 0.559. The van der Waals surface area contributed by atoms with Crippen LogP contribution in [0.3, 0.4) is 0 Å². The molecule has 0 aliphatic rings. The number of fused-ring (bicyclic) bond motifs is 6. The molecule has 0 amide bonds. The third-order valence-electron chi connectivity index (χ3n) is 9.70. The van der Waals surface area contributed by atoms with Crippen LogP contribution in [0.25, 0.3) is 93.0 Å². The lowest BCUT2D eigenvalue weighted by molar-refractivity contribution is 1.07. The highest BCUT2D eigenvalue weighted by Crippen LogP contribution is 2.43. The van der Waals surface area contributed by atoms with Gasteiger partial charge in [-0.15, -0.1) is 11.3 Å². The molecule has 0 unspecified atom stereocenters. The van der Waals surface area contributed by atoms with Gasteiger partial charge in [0.25, 0.3) is 0 Å². The molecule has 0 atom stereocenters. The maximum Gasteiger partial charge on any atom is 0.164 e. The molecule has 6 heteroatoms. The van der Waals surface area contributed by atoms with Crippen LogP contribution in [0, 0.1) is 11.3 Å². The van der Waals surface area contributed by atoms with E-state index in [1.54, 1.807) is 0 Å². The Labute approximate surface area is 303 Å². The average molecular weight is 682 g/mol. The molecular weight excluding hydrogens is 655 g/mol. The molecule has 0 spiro atoms. The van der Waals surface area contributed by atoms with Gasteiger partial charge in [-0.25, -0.2) is 15.0 Å². The molecule has 3 heterocycles. The predicted molar refractivity (Wildman–Crippen MR) is 214 cm³/mol. The van der Waals surface area contributed by atoms with Gasteiger partial charge in [0, 0.05) is 58.8 Å². The summed E-state index contributed by atoms with van der Waals surface area (Å²) >= 11 is 1.83. The molecule has 0 radical (unpaired) electrons. The van der Waals surface area contributed by atoms with Crippen LogP contribution in [0.4, 0.5) is 0 Å². The molecule has 10 aromatic rings. The van der Waals surface area contributed by atoms with Gasteiger partial charge >= 0.3 is 0 Å². The van der Waals surface area contributed by atoms with E-state index in [0.29, 0.717) is 23.0 Å². The lowest BCUT2D eigenvalue weighted by atomic mass is 9.96. The van der Waals surface area contributed by atoms with Crippen LogP contribution in [-0.4, -0.2) is 19.5 Å². The van der Waals surface area contributed by atoms with E-state index in [-0.39, 0.29) is 0 Å². The topological polar surface area (TPSA) is 67.4 Å². The van der Waals surface area contributed by atoms with Crippen molar-refractivity contribution in [2.75, 3.05) is 0 Å². The number of para-hydroxylation sites is 1. The smallest absolute Gasteiger partial charge is 0.164 e. The number of hydrogen-bond donors (Lipinski definition) is 0. The summed E-state index contributed by atoms with van der Waals surface area (Å²) in [6, 6.07) is 58.5. The van der Waals surface area contributed by atoms with Crippen molar-refractivity contribution in [2.24, 2.45) is 0 Å². The standard InChI is InChI=1S/C46H27N5S/c47-28-32-17-7-8-18-33(32)36-25-31(46-49-44(29-13-3-1-4-14-29)48-45(50-46)30-15-5-2-6-16-30)23-24-40(36)51-39-21-11-9-19-34(39)37-27-43-38(26-41(37)51)35-20-10-12-22-42(35)52-43/h1-27H. The summed E-state index contributed by atoms with van der Waals surface area (Å²) in [6.07, 6.45) is 0. The van der Waals surface area contributed by atoms with E-state index < -0.39 is 0 Å². The Balaban J connectivity index is 1.27. The van der Waals surface area contributed by atoms with Crippen molar-refractivity contribution in [2.45, 2.75) is 0 Å². The Hall–Kier alpha value is -6.94. The Bertz CT molecular complexity index is 2970. The molecule has 0 saturated heterocycles. The molecule has 52 heavy (non-hydrogen) atoms. The summed E-state index contributed by atoms with van der Waals surface area (Å²) < 4.78 is 4.89. The zero-order valence-electron chi connectivity index (χ0n) is 27.7. The molecular formula is C46H27N5S. The maximum atomic E-state index is 10.4. The van der Waals surface area contributed by atoms with E-state index >= 15 is 0 Å². The molecule has 0 bridgehead atoms. The summed E-state index contributed by atoms with van der Waals surface area (Å²) in [7, 11) is 0. The van der Waals surface area contributed by atoms with Gasteiger partial charge in [-0.1, -0.05) is 115 Å². The maximum absolute atomic E-state index is 10.4. The predicted octanol–water partition coefficient (Wildman–Crippen LogP) is 11.9. The Kier molecular flexibility index (Phi) is 6.98. The monoisotopic (exact) mass is 681 g/mol. The van der Waals surface area contributed by atoms with Gasteiger partial charge in [-0.05, 0) is 48.5 Å². The van der Waals surface area contributed by atoms with Crippen molar-refractivity contribution in [1.29, 1.82) is 5.26 Å². The third-order valence-corrected chi connectivity index (χ3v) is 10.8. The number of nitriles is 1. The first-order valence-electron chi connectivity index (χ1n) is 17.1. The fourth-order valence-electron chi connectivity index (χ4n) is 7.29. The lowest BCUT2D eigenvalue weighted by Gasteiger charge is -2.17. The second-order valence-corrected chi connectivity index (χ2v) is 13.8. The molecule has 10 rings (SSSR count). The van der Waals surface area contributed by atoms with E-state index in [1.807, 2.05) is 96.3 Å². The van der Waals surface area contributed by atoms with E-state index in [2.05, 4.69) is 89.5 Å². The summed E-state index contributed by atoms with van der Waals surface area (Å²) in [5, 5.41) is 15.2. The second-order valence-electron chi connectivity index (χ2n) is 12.7.